The van der Waals surface area contributed by atoms with Gasteiger partial charge in [0.25, 0.3) is 5.91 Å². The van der Waals surface area contributed by atoms with E-state index in [1.54, 1.807) is 0 Å². The molecule has 27 heavy (non-hydrogen) atoms. The second kappa shape index (κ2) is 9.33. The molecule has 1 fully saturated rings. The number of ether oxygens (including phenoxy) is 1. The second-order valence-corrected chi connectivity index (χ2v) is 6.82. The fourth-order valence-corrected chi connectivity index (χ4v) is 2.94. The first-order valence-electron chi connectivity index (χ1n) is 9.54. The molecular formula is C22H27N3O2. The third kappa shape index (κ3) is 5.66. The maximum Gasteiger partial charge on any atom is 0.257 e. The van der Waals surface area contributed by atoms with Crippen molar-refractivity contribution in [2.45, 2.75) is 39.2 Å². The monoisotopic (exact) mass is 365 g/mol. The number of anilines is 1. The Morgan fingerprint density at radius 3 is 2.52 bits per heavy atom. The lowest BCUT2D eigenvalue weighted by Crippen LogP contribution is -2.36. The van der Waals surface area contributed by atoms with Gasteiger partial charge in [0.15, 0.2) is 0 Å². The minimum absolute atomic E-state index is 0.126. The summed E-state index contributed by atoms with van der Waals surface area (Å²) < 4.78 is 5.64. The van der Waals surface area contributed by atoms with Gasteiger partial charge in [0, 0.05) is 17.9 Å². The van der Waals surface area contributed by atoms with E-state index in [0.29, 0.717) is 18.1 Å². The molecule has 0 spiro atoms. The fraction of sp³-hybridized carbons (Fsp3) is 0.364. The highest BCUT2D eigenvalue weighted by Crippen LogP contribution is 2.13. The molecule has 1 aliphatic rings. The maximum atomic E-state index is 12.6. The highest BCUT2D eigenvalue weighted by Gasteiger charge is 2.16. The largest absolute Gasteiger partial charge is 0.376 e. The summed E-state index contributed by atoms with van der Waals surface area (Å²) >= 11 is 0. The Balaban J connectivity index is 1.71. The number of carbonyl (C=O) groups excluding carboxylic acids is 1. The van der Waals surface area contributed by atoms with E-state index in [2.05, 4.69) is 22.5 Å². The van der Waals surface area contributed by atoms with E-state index in [1.165, 1.54) is 11.1 Å². The first-order chi connectivity index (χ1) is 13.1. The van der Waals surface area contributed by atoms with E-state index < -0.39 is 0 Å². The van der Waals surface area contributed by atoms with Crippen LogP contribution < -0.4 is 10.6 Å². The van der Waals surface area contributed by atoms with Gasteiger partial charge in [-0.15, -0.1) is 0 Å². The highest BCUT2D eigenvalue weighted by molar-refractivity contribution is 6.09. The van der Waals surface area contributed by atoms with E-state index in [0.717, 1.165) is 31.6 Å². The minimum Gasteiger partial charge on any atom is -0.376 e. The molecule has 2 N–H and O–H groups in total. The van der Waals surface area contributed by atoms with Crippen LogP contribution in [0.15, 0.2) is 53.5 Å². The van der Waals surface area contributed by atoms with Crippen LogP contribution >= 0.6 is 0 Å². The summed E-state index contributed by atoms with van der Waals surface area (Å²) in [5.41, 5.74) is 3.88. The molecule has 2 aromatic carbocycles. The highest BCUT2D eigenvalue weighted by atomic mass is 16.5. The van der Waals surface area contributed by atoms with E-state index in [4.69, 9.17) is 4.74 Å². The van der Waals surface area contributed by atoms with Crippen molar-refractivity contribution in [1.29, 1.82) is 0 Å². The molecule has 0 aromatic heterocycles. The van der Waals surface area contributed by atoms with Gasteiger partial charge in [0.05, 0.1) is 12.6 Å². The molecule has 1 atom stereocenters. The van der Waals surface area contributed by atoms with Crippen molar-refractivity contribution < 1.29 is 9.53 Å². The molecular weight excluding hydrogens is 338 g/mol. The lowest BCUT2D eigenvalue weighted by molar-refractivity contribution is 0.0975. The lowest BCUT2D eigenvalue weighted by atomic mass is 10.1. The van der Waals surface area contributed by atoms with Crippen LogP contribution in [0.2, 0.25) is 0 Å². The van der Waals surface area contributed by atoms with Gasteiger partial charge < -0.3 is 10.1 Å². The van der Waals surface area contributed by atoms with Gasteiger partial charge >= 0.3 is 0 Å². The van der Waals surface area contributed by atoms with E-state index in [9.17, 15) is 4.79 Å². The Kier molecular flexibility index (Phi) is 6.60. The third-order valence-corrected chi connectivity index (χ3v) is 4.65. The zero-order valence-electron chi connectivity index (χ0n) is 16.0. The number of guanidine groups is 1. The molecule has 1 amide bonds. The Morgan fingerprint density at radius 2 is 1.89 bits per heavy atom. The van der Waals surface area contributed by atoms with Gasteiger partial charge in [-0.1, -0.05) is 36.8 Å². The Bertz CT molecular complexity index is 776. The minimum atomic E-state index is -0.177. The van der Waals surface area contributed by atoms with Crippen LogP contribution in [0.5, 0.6) is 0 Å². The fourth-order valence-electron chi connectivity index (χ4n) is 2.94. The van der Waals surface area contributed by atoms with Crippen molar-refractivity contribution in [3.63, 3.8) is 0 Å². The quantitative estimate of drug-likeness (QED) is 0.623. The Hall–Kier alpha value is -2.66. The average Bonchev–Trinajstić information content (AvgIpc) is 3.21. The number of hydrogen-bond donors (Lipinski definition) is 2. The van der Waals surface area contributed by atoms with Gasteiger partial charge in [0.2, 0.25) is 5.96 Å². The number of hydrogen-bond acceptors (Lipinski definition) is 3. The number of carbonyl (C=O) groups is 1. The molecule has 0 saturated carbocycles. The molecule has 1 heterocycles. The number of benzene rings is 2. The molecule has 1 saturated heterocycles. The van der Waals surface area contributed by atoms with Gasteiger partial charge in [0.1, 0.15) is 0 Å². The molecule has 1 aliphatic heterocycles. The number of nitrogens with one attached hydrogen (secondary N) is 2. The van der Waals surface area contributed by atoms with Crippen LogP contribution in [0.4, 0.5) is 5.69 Å². The summed E-state index contributed by atoms with van der Waals surface area (Å²) in [6.45, 7) is 5.45. The second-order valence-electron chi connectivity index (χ2n) is 6.82. The van der Waals surface area contributed by atoms with Gasteiger partial charge in [-0.25, -0.2) is 4.99 Å². The maximum absolute atomic E-state index is 12.6. The van der Waals surface area contributed by atoms with Gasteiger partial charge in [-0.3, -0.25) is 10.1 Å². The molecule has 3 rings (SSSR count). The number of aliphatic imine (C=N–C) groups is 1. The van der Waals surface area contributed by atoms with Crippen LogP contribution in [-0.2, 0) is 11.2 Å². The summed E-state index contributed by atoms with van der Waals surface area (Å²) in [4.78, 5) is 17.2. The van der Waals surface area contributed by atoms with Crippen molar-refractivity contribution in [1.82, 2.24) is 5.32 Å². The summed E-state index contributed by atoms with van der Waals surface area (Å²) in [6, 6.07) is 15.6. The number of aryl methyl sites for hydroxylation is 2. The zero-order chi connectivity index (χ0) is 19.1. The summed E-state index contributed by atoms with van der Waals surface area (Å²) in [5.74, 6) is 0.266. The molecule has 0 unspecified atom stereocenters. The van der Waals surface area contributed by atoms with Gasteiger partial charge in [-0.2, -0.15) is 0 Å². The summed E-state index contributed by atoms with van der Waals surface area (Å²) in [5, 5.41) is 6.12. The molecule has 5 heteroatoms. The van der Waals surface area contributed by atoms with Crippen LogP contribution in [-0.4, -0.2) is 31.1 Å². The number of amides is 1. The number of rotatable bonds is 5. The Morgan fingerprint density at radius 1 is 1.15 bits per heavy atom. The van der Waals surface area contributed by atoms with Crippen LogP contribution in [0, 0.1) is 6.92 Å². The van der Waals surface area contributed by atoms with Gasteiger partial charge in [-0.05, 0) is 56.0 Å². The van der Waals surface area contributed by atoms with Crippen molar-refractivity contribution in [3.05, 3.63) is 65.2 Å². The average molecular weight is 365 g/mol. The molecule has 5 nitrogen and oxygen atoms in total. The standard InChI is InChI=1S/C22H27N3O2/c1-3-17-8-10-18(11-9-17)21(26)25-22(23-15-20-5-4-14-27-20)24-19-12-6-16(2)7-13-19/h6-13,20H,3-5,14-15H2,1-2H3,(H2,23,24,25,26)/t20-/m1/s1. The molecule has 0 aliphatic carbocycles. The van der Waals surface area contributed by atoms with Crippen LogP contribution in [0.25, 0.3) is 0 Å². The predicted octanol–water partition coefficient (Wildman–Crippen LogP) is 3.93. The SMILES string of the molecule is CCc1ccc(C(=O)NC(=NC[C@H]2CCCO2)Nc2ccc(C)cc2)cc1. The third-order valence-electron chi connectivity index (χ3n) is 4.65. The van der Waals surface area contributed by atoms with Crippen molar-refractivity contribution in [3.8, 4) is 0 Å². The van der Waals surface area contributed by atoms with Crippen LogP contribution in [0.3, 0.4) is 0 Å². The smallest absolute Gasteiger partial charge is 0.257 e. The summed E-state index contributed by atoms with van der Waals surface area (Å²) in [6.07, 6.45) is 3.15. The van der Waals surface area contributed by atoms with Crippen molar-refractivity contribution >= 4 is 17.6 Å². The zero-order valence-corrected chi connectivity index (χ0v) is 16.0. The number of nitrogens with zero attached hydrogens (tertiary/aromatic N) is 1. The first kappa shape index (κ1) is 19.1. The summed E-state index contributed by atoms with van der Waals surface area (Å²) in [7, 11) is 0. The molecule has 2 aromatic rings. The molecule has 142 valence electrons. The van der Waals surface area contributed by atoms with Crippen LogP contribution in [0.1, 0.15) is 41.3 Å². The molecule has 0 bridgehead atoms. The topological polar surface area (TPSA) is 62.7 Å². The van der Waals surface area contributed by atoms with E-state index in [-0.39, 0.29) is 12.0 Å². The lowest BCUT2D eigenvalue weighted by Gasteiger charge is -2.14. The first-order valence-corrected chi connectivity index (χ1v) is 9.54. The normalized spacial score (nSPS) is 17.0. The molecule has 0 radical (unpaired) electrons. The van der Waals surface area contributed by atoms with E-state index in [1.807, 2.05) is 55.5 Å². The predicted molar refractivity (Wildman–Crippen MR) is 109 cm³/mol. The van der Waals surface area contributed by atoms with Crippen molar-refractivity contribution in [2.75, 3.05) is 18.5 Å². The van der Waals surface area contributed by atoms with Crippen molar-refractivity contribution in [2.24, 2.45) is 4.99 Å². The van der Waals surface area contributed by atoms with E-state index >= 15 is 0 Å². The Labute approximate surface area is 160 Å².